The highest BCUT2D eigenvalue weighted by molar-refractivity contribution is 9.10. The van der Waals surface area contributed by atoms with Gasteiger partial charge in [-0.1, -0.05) is 56.8 Å². The van der Waals surface area contributed by atoms with E-state index >= 15 is 0 Å². The van der Waals surface area contributed by atoms with Gasteiger partial charge in [-0.15, -0.1) is 0 Å². The highest BCUT2D eigenvalue weighted by Crippen LogP contribution is 2.37. The van der Waals surface area contributed by atoms with Crippen molar-refractivity contribution in [1.29, 1.82) is 0 Å². The van der Waals surface area contributed by atoms with Crippen molar-refractivity contribution >= 4 is 67.9 Å². The number of hydrogen-bond acceptors (Lipinski definition) is 5. The second-order valence-electron chi connectivity index (χ2n) is 7.24. The van der Waals surface area contributed by atoms with E-state index in [4.69, 9.17) is 44.3 Å². The molecule has 0 spiro atoms. The van der Waals surface area contributed by atoms with Gasteiger partial charge in [0.2, 0.25) is 0 Å². The predicted molar refractivity (Wildman–Crippen MR) is 140 cm³/mol. The molecule has 6 nitrogen and oxygen atoms in total. The molecule has 0 radical (unpaired) electrons. The summed E-state index contributed by atoms with van der Waals surface area (Å²) in [6, 6.07) is 13.9. The maximum Gasteiger partial charge on any atom is 0.282 e. The van der Waals surface area contributed by atoms with Crippen LogP contribution in [0.15, 0.2) is 62.9 Å². The predicted octanol–water partition coefficient (Wildman–Crippen LogP) is 6.90. The molecule has 0 saturated carbocycles. The van der Waals surface area contributed by atoms with Gasteiger partial charge in [0.05, 0.1) is 29.2 Å². The van der Waals surface area contributed by atoms with Gasteiger partial charge in [-0.05, 0) is 55.0 Å². The Bertz CT molecular complexity index is 1490. The van der Waals surface area contributed by atoms with Crippen molar-refractivity contribution in [1.82, 2.24) is 9.66 Å². The lowest BCUT2D eigenvalue weighted by Crippen LogP contribution is -2.20. The maximum absolute atomic E-state index is 12.9. The maximum atomic E-state index is 12.9. The Morgan fingerprint density at radius 2 is 1.88 bits per heavy atom. The molecular formula is C24H17BrCl3N3O3. The fraction of sp³-hybridized carbons (Fsp3) is 0.125. The Morgan fingerprint density at radius 3 is 2.62 bits per heavy atom. The summed E-state index contributed by atoms with van der Waals surface area (Å²) >= 11 is 22.0. The molecule has 0 amide bonds. The first kappa shape index (κ1) is 24.5. The van der Waals surface area contributed by atoms with Crippen LogP contribution in [0.2, 0.25) is 15.1 Å². The monoisotopic (exact) mass is 579 g/mol. The van der Waals surface area contributed by atoms with Crippen molar-refractivity contribution in [2.24, 2.45) is 5.10 Å². The molecule has 0 aliphatic carbocycles. The average molecular weight is 582 g/mol. The van der Waals surface area contributed by atoms with Crippen LogP contribution in [0, 0.1) is 6.92 Å². The lowest BCUT2D eigenvalue weighted by atomic mass is 10.2. The number of hydrogen-bond donors (Lipinski definition) is 0. The summed E-state index contributed by atoms with van der Waals surface area (Å²) in [5.74, 6) is 1.22. The molecule has 1 aromatic heterocycles. The molecule has 0 N–H and O–H groups in total. The summed E-state index contributed by atoms with van der Waals surface area (Å²) in [7, 11) is 1.51. The van der Waals surface area contributed by atoms with Gasteiger partial charge in [0.15, 0.2) is 11.5 Å². The fourth-order valence-corrected chi connectivity index (χ4v) is 4.36. The van der Waals surface area contributed by atoms with Crippen molar-refractivity contribution in [3.63, 3.8) is 0 Å². The van der Waals surface area contributed by atoms with Crippen LogP contribution >= 0.6 is 50.7 Å². The molecule has 34 heavy (non-hydrogen) atoms. The summed E-state index contributed by atoms with van der Waals surface area (Å²) < 4.78 is 13.4. The molecular weight excluding hydrogens is 565 g/mol. The van der Waals surface area contributed by atoms with Gasteiger partial charge in [0.25, 0.3) is 5.56 Å². The van der Waals surface area contributed by atoms with Crippen LogP contribution in [0.3, 0.4) is 0 Å². The third kappa shape index (κ3) is 5.23. The minimum atomic E-state index is -0.280. The Morgan fingerprint density at radius 1 is 1.09 bits per heavy atom. The van der Waals surface area contributed by atoms with Crippen LogP contribution in [0.25, 0.3) is 10.9 Å². The Hall–Kier alpha value is -2.58. The normalized spacial score (nSPS) is 11.4. The van der Waals surface area contributed by atoms with E-state index in [9.17, 15) is 4.79 Å². The van der Waals surface area contributed by atoms with E-state index in [0.29, 0.717) is 48.9 Å². The number of ether oxygens (including phenoxy) is 2. The molecule has 10 heteroatoms. The lowest BCUT2D eigenvalue weighted by Gasteiger charge is -2.14. The van der Waals surface area contributed by atoms with E-state index in [-0.39, 0.29) is 12.2 Å². The third-order valence-electron chi connectivity index (χ3n) is 4.93. The van der Waals surface area contributed by atoms with Crippen LogP contribution in [0.4, 0.5) is 0 Å². The zero-order chi connectivity index (χ0) is 24.4. The van der Waals surface area contributed by atoms with Crippen molar-refractivity contribution < 1.29 is 9.47 Å². The number of nitrogens with zero attached hydrogens (tertiary/aromatic N) is 3. The van der Waals surface area contributed by atoms with Crippen LogP contribution in [0.5, 0.6) is 11.5 Å². The molecule has 4 rings (SSSR count). The van der Waals surface area contributed by atoms with Crippen molar-refractivity contribution in [3.05, 3.63) is 95.4 Å². The third-order valence-corrected chi connectivity index (χ3v) is 6.29. The molecule has 3 aromatic carbocycles. The molecule has 0 bridgehead atoms. The Labute approximate surface area is 218 Å². The summed E-state index contributed by atoms with van der Waals surface area (Å²) in [5.41, 5.74) is 1.68. The molecule has 0 aliphatic rings. The van der Waals surface area contributed by atoms with Crippen LogP contribution < -0.4 is 15.0 Å². The molecule has 174 valence electrons. The zero-order valence-electron chi connectivity index (χ0n) is 18.0. The lowest BCUT2D eigenvalue weighted by molar-refractivity contribution is 0.285. The molecule has 1 heterocycles. The topological polar surface area (TPSA) is 65.7 Å². The SMILES string of the molecule is COc1cc(C=Nn2c(C)nc3ccc(Br)cc3c2=O)cc(Cl)c1OCc1ccc(Cl)cc1Cl. The number of rotatable bonds is 6. The second-order valence-corrected chi connectivity index (χ2v) is 9.41. The van der Waals surface area contributed by atoms with E-state index in [0.717, 1.165) is 10.0 Å². The first-order valence-corrected chi connectivity index (χ1v) is 11.9. The van der Waals surface area contributed by atoms with Gasteiger partial charge in [-0.2, -0.15) is 9.78 Å². The number of methoxy groups -OCH3 is 1. The summed E-state index contributed by atoms with van der Waals surface area (Å²) in [6.07, 6.45) is 1.51. The van der Waals surface area contributed by atoms with Gasteiger partial charge >= 0.3 is 0 Å². The van der Waals surface area contributed by atoms with E-state index in [2.05, 4.69) is 26.0 Å². The number of aryl methyl sites for hydroxylation is 1. The van der Waals surface area contributed by atoms with Gasteiger partial charge in [0, 0.05) is 20.1 Å². The van der Waals surface area contributed by atoms with Gasteiger partial charge in [-0.25, -0.2) is 4.98 Å². The van der Waals surface area contributed by atoms with Gasteiger partial charge in [-0.3, -0.25) is 4.79 Å². The number of aromatic nitrogens is 2. The fourth-order valence-electron chi connectivity index (χ4n) is 3.26. The molecule has 0 fully saturated rings. The van der Waals surface area contributed by atoms with E-state index in [1.807, 2.05) is 6.07 Å². The molecule has 4 aromatic rings. The largest absolute Gasteiger partial charge is 0.493 e. The molecule has 0 aliphatic heterocycles. The summed E-state index contributed by atoms with van der Waals surface area (Å²) in [4.78, 5) is 17.4. The standard InChI is InChI=1S/C24H17BrCl3N3O3/c1-13-30-21-6-4-16(25)9-18(21)24(32)31(13)29-11-14-7-20(28)23(22(8-14)33-2)34-12-15-3-5-17(26)10-19(15)27/h3-11H,12H2,1-2H3. The van der Waals surface area contributed by atoms with Crippen LogP contribution in [-0.2, 0) is 6.61 Å². The Balaban J connectivity index is 1.63. The van der Waals surface area contributed by atoms with Crippen LogP contribution in [-0.4, -0.2) is 23.0 Å². The van der Waals surface area contributed by atoms with Crippen LogP contribution in [0.1, 0.15) is 17.0 Å². The summed E-state index contributed by atoms with van der Waals surface area (Å²) in [6.45, 7) is 1.89. The molecule has 0 atom stereocenters. The molecule has 0 unspecified atom stereocenters. The summed E-state index contributed by atoms with van der Waals surface area (Å²) in [5, 5.41) is 6.13. The smallest absolute Gasteiger partial charge is 0.282 e. The van der Waals surface area contributed by atoms with E-state index in [1.54, 1.807) is 49.4 Å². The Kier molecular flexibility index (Phi) is 7.48. The highest BCUT2D eigenvalue weighted by atomic mass is 79.9. The number of benzene rings is 3. The minimum absolute atomic E-state index is 0.173. The molecule has 0 saturated heterocycles. The van der Waals surface area contributed by atoms with Gasteiger partial charge < -0.3 is 9.47 Å². The quantitative estimate of drug-likeness (QED) is 0.233. The van der Waals surface area contributed by atoms with E-state index in [1.165, 1.54) is 18.0 Å². The second kappa shape index (κ2) is 10.4. The average Bonchev–Trinajstić information content (AvgIpc) is 2.79. The highest BCUT2D eigenvalue weighted by Gasteiger charge is 2.14. The van der Waals surface area contributed by atoms with Crippen molar-refractivity contribution in [3.8, 4) is 11.5 Å². The number of fused-ring (bicyclic) bond motifs is 1. The minimum Gasteiger partial charge on any atom is -0.493 e. The van der Waals surface area contributed by atoms with Gasteiger partial charge in [0.1, 0.15) is 12.4 Å². The first-order valence-electron chi connectivity index (χ1n) is 9.94. The van der Waals surface area contributed by atoms with Crippen molar-refractivity contribution in [2.45, 2.75) is 13.5 Å². The van der Waals surface area contributed by atoms with Crippen molar-refractivity contribution in [2.75, 3.05) is 7.11 Å². The first-order chi connectivity index (χ1) is 16.3. The number of halogens is 4. The zero-order valence-corrected chi connectivity index (χ0v) is 21.8. The van der Waals surface area contributed by atoms with E-state index < -0.39 is 0 Å².